The standard InChI is InChI=1S/C21H25FN2O4S/c1-15-12-19(9-10-20(15)28-2)29(26,27)24-11-3-4-17(14-24)21(25)23-13-16-5-7-18(22)8-6-16/h5-10,12,17H,3-4,11,13-14H2,1-2H3,(H,23,25)/t17-/m1/s1. The van der Waals surface area contributed by atoms with Crippen molar-refractivity contribution in [2.24, 2.45) is 5.92 Å². The fourth-order valence-electron chi connectivity index (χ4n) is 3.47. The first-order valence-electron chi connectivity index (χ1n) is 9.48. The van der Waals surface area contributed by atoms with E-state index in [0.717, 1.165) is 11.1 Å². The van der Waals surface area contributed by atoms with Crippen LogP contribution in [0, 0.1) is 18.7 Å². The minimum atomic E-state index is -3.69. The minimum Gasteiger partial charge on any atom is -0.496 e. The van der Waals surface area contributed by atoms with Gasteiger partial charge in [-0.25, -0.2) is 12.8 Å². The van der Waals surface area contributed by atoms with Crippen LogP contribution in [0.15, 0.2) is 47.4 Å². The van der Waals surface area contributed by atoms with Gasteiger partial charge in [-0.1, -0.05) is 12.1 Å². The van der Waals surface area contributed by atoms with E-state index in [1.54, 1.807) is 31.2 Å². The van der Waals surface area contributed by atoms with E-state index in [0.29, 0.717) is 25.1 Å². The van der Waals surface area contributed by atoms with Crippen molar-refractivity contribution < 1.29 is 22.3 Å². The largest absolute Gasteiger partial charge is 0.496 e. The fourth-order valence-corrected chi connectivity index (χ4v) is 5.08. The van der Waals surface area contributed by atoms with Crippen molar-refractivity contribution in [3.63, 3.8) is 0 Å². The maximum atomic E-state index is 13.0. The summed E-state index contributed by atoms with van der Waals surface area (Å²) in [5.74, 6) is -0.318. The molecule has 0 spiro atoms. The summed E-state index contributed by atoms with van der Waals surface area (Å²) in [7, 11) is -2.15. The quantitative estimate of drug-likeness (QED) is 0.780. The van der Waals surface area contributed by atoms with Crippen LogP contribution in [0.25, 0.3) is 0 Å². The van der Waals surface area contributed by atoms with Crippen molar-refractivity contribution in [2.75, 3.05) is 20.2 Å². The molecule has 3 rings (SSSR count). The number of carbonyl (C=O) groups is 1. The molecule has 1 amide bonds. The number of hydrogen-bond donors (Lipinski definition) is 1. The van der Waals surface area contributed by atoms with Crippen LogP contribution in [0.2, 0.25) is 0 Å². The Balaban J connectivity index is 1.66. The van der Waals surface area contributed by atoms with E-state index >= 15 is 0 Å². The van der Waals surface area contributed by atoms with Gasteiger partial charge in [0, 0.05) is 19.6 Å². The molecule has 0 unspecified atom stereocenters. The third kappa shape index (κ3) is 4.94. The molecule has 8 heteroatoms. The molecule has 1 heterocycles. The summed E-state index contributed by atoms with van der Waals surface area (Å²) in [5.41, 5.74) is 1.52. The SMILES string of the molecule is COc1ccc(S(=O)(=O)N2CCC[C@@H](C(=O)NCc3ccc(F)cc3)C2)cc1C. The molecular weight excluding hydrogens is 395 g/mol. The lowest BCUT2D eigenvalue weighted by Crippen LogP contribution is -2.45. The van der Waals surface area contributed by atoms with Crippen LogP contribution in [-0.4, -0.2) is 38.8 Å². The zero-order chi connectivity index (χ0) is 21.0. The van der Waals surface area contributed by atoms with Crippen molar-refractivity contribution in [2.45, 2.75) is 31.2 Å². The molecule has 1 fully saturated rings. The number of methoxy groups -OCH3 is 1. The van der Waals surface area contributed by atoms with Gasteiger partial charge in [0.15, 0.2) is 0 Å². The summed E-state index contributed by atoms with van der Waals surface area (Å²) in [6.07, 6.45) is 1.24. The normalized spacial score (nSPS) is 17.7. The summed E-state index contributed by atoms with van der Waals surface area (Å²) in [6.45, 7) is 2.59. The summed E-state index contributed by atoms with van der Waals surface area (Å²) >= 11 is 0. The number of amides is 1. The molecule has 1 atom stereocenters. The van der Waals surface area contributed by atoms with Crippen LogP contribution in [0.4, 0.5) is 4.39 Å². The number of halogens is 1. The predicted molar refractivity (Wildman–Crippen MR) is 107 cm³/mol. The van der Waals surface area contributed by atoms with Gasteiger partial charge < -0.3 is 10.1 Å². The number of rotatable bonds is 6. The van der Waals surface area contributed by atoms with Crippen molar-refractivity contribution >= 4 is 15.9 Å². The highest BCUT2D eigenvalue weighted by Crippen LogP contribution is 2.27. The van der Waals surface area contributed by atoms with Gasteiger partial charge in [0.2, 0.25) is 15.9 Å². The predicted octanol–water partition coefficient (Wildman–Crippen LogP) is 2.86. The Morgan fingerprint density at radius 3 is 2.62 bits per heavy atom. The second-order valence-corrected chi connectivity index (χ2v) is 9.12. The molecule has 29 heavy (non-hydrogen) atoms. The molecular formula is C21H25FN2O4S. The van der Waals surface area contributed by atoms with Crippen LogP contribution in [0.5, 0.6) is 5.75 Å². The minimum absolute atomic E-state index is 0.142. The topological polar surface area (TPSA) is 75.7 Å². The van der Waals surface area contributed by atoms with Crippen molar-refractivity contribution in [3.8, 4) is 5.75 Å². The van der Waals surface area contributed by atoms with Gasteiger partial charge in [0.25, 0.3) is 0 Å². The Kier molecular flexibility index (Phi) is 6.54. The molecule has 2 aromatic rings. The molecule has 1 aliphatic rings. The number of nitrogens with one attached hydrogen (secondary N) is 1. The first-order valence-corrected chi connectivity index (χ1v) is 10.9. The highest BCUT2D eigenvalue weighted by Gasteiger charge is 2.33. The Hall–Kier alpha value is -2.45. The smallest absolute Gasteiger partial charge is 0.243 e. The molecule has 1 saturated heterocycles. The van der Waals surface area contributed by atoms with Gasteiger partial charge in [-0.2, -0.15) is 4.31 Å². The molecule has 6 nitrogen and oxygen atoms in total. The zero-order valence-corrected chi connectivity index (χ0v) is 17.3. The Morgan fingerprint density at radius 1 is 1.24 bits per heavy atom. The van der Waals surface area contributed by atoms with Crippen molar-refractivity contribution in [3.05, 3.63) is 59.4 Å². The van der Waals surface area contributed by atoms with E-state index in [1.165, 1.54) is 29.6 Å². The first-order chi connectivity index (χ1) is 13.8. The molecule has 156 valence electrons. The average molecular weight is 421 g/mol. The first kappa shape index (κ1) is 21.3. The van der Waals surface area contributed by atoms with Gasteiger partial charge in [-0.05, 0) is 61.2 Å². The average Bonchev–Trinajstić information content (AvgIpc) is 2.73. The maximum absolute atomic E-state index is 13.0. The molecule has 2 aromatic carbocycles. The van der Waals surface area contributed by atoms with Crippen LogP contribution in [0.1, 0.15) is 24.0 Å². The van der Waals surface area contributed by atoms with E-state index in [-0.39, 0.29) is 29.7 Å². The third-order valence-corrected chi connectivity index (χ3v) is 7.00. The van der Waals surface area contributed by atoms with E-state index in [9.17, 15) is 17.6 Å². The Bertz CT molecular complexity index is 977. The van der Waals surface area contributed by atoms with Gasteiger partial charge in [-0.15, -0.1) is 0 Å². The zero-order valence-electron chi connectivity index (χ0n) is 16.5. The maximum Gasteiger partial charge on any atom is 0.243 e. The summed E-state index contributed by atoms with van der Waals surface area (Å²) in [6, 6.07) is 10.7. The summed E-state index contributed by atoms with van der Waals surface area (Å²) in [4.78, 5) is 12.8. The van der Waals surface area contributed by atoms with Crippen LogP contribution in [0.3, 0.4) is 0 Å². The number of nitrogens with zero attached hydrogens (tertiary/aromatic N) is 1. The molecule has 0 aliphatic carbocycles. The second-order valence-electron chi connectivity index (χ2n) is 7.18. The number of ether oxygens (including phenoxy) is 1. The van der Waals surface area contributed by atoms with Crippen molar-refractivity contribution in [1.29, 1.82) is 0 Å². The number of aryl methyl sites for hydroxylation is 1. The molecule has 0 bridgehead atoms. The molecule has 0 radical (unpaired) electrons. The fraction of sp³-hybridized carbons (Fsp3) is 0.381. The lowest BCUT2D eigenvalue weighted by atomic mass is 9.99. The van der Waals surface area contributed by atoms with Gasteiger partial charge >= 0.3 is 0 Å². The van der Waals surface area contributed by atoms with E-state index in [1.807, 2.05) is 0 Å². The summed E-state index contributed by atoms with van der Waals surface area (Å²) < 4.78 is 45.6. The molecule has 0 saturated carbocycles. The highest BCUT2D eigenvalue weighted by molar-refractivity contribution is 7.89. The van der Waals surface area contributed by atoms with Crippen molar-refractivity contribution in [1.82, 2.24) is 9.62 Å². The Labute approximate surface area is 170 Å². The number of sulfonamides is 1. The van der Waals surface area contributed by atoms with Gasteiger partial charge in [0.1, 0.15) is 11.6 Å². The Morgan fingerprint density at radius 2 is 1.97 bits per heavy atom. The third-order valence-electron chi connectivity index (χ3n) is 5.14. The number of hydrogen-bond acceptors (Lipinski definition) is 4. The van der Waals surface area contributed by atoms with E-state index < -0.39 is 15.9 Å². The van der Waals surface area contributed by atoms with Crippen LogP contribution < -0.4 is 10.1 Å². The number of benzene rings is 2. The lowest BCUT2D eigenvalue weighted by molar-refractivity contribution is -0.126. The van der Waals surface area contributed by atoms with E-state index in [4.69, 9.17) is 4.74 Å². The van der Waals surface area contributed by atoms with Gasteiger partial charge in [0.05, 0.1) is 17.9 Å². The van der Waals surface area contributed by atoms with Crippen LogP contribution in [-0.2, 0) is 21.4 Å². The van der Waals surface area contributed by atoms with Gasteiger partial charge in [-0.3, -0.25) is 4.79 Å². The van der Waals surface area contributed by atoms with Crippen LogP contribution >= 0.6 is 0 Å². The molecule has 1 aliphatic heterocycles. The summed E-state index contributed by atoms with van der Waals surface area (Å²) in [5, 5.41) is 2.82. The number of carbonyl (C=O) groups excluding carboxylic acids is 1. The lowest BCUT2D eigenvalue weighted by Gasteiger charge is -2.31. The molecule has 0 aromatic heterocycles. The second kappa shape index (κ2) is 8.92. The monoisotopic (exact) mass is 420 g/mol. The molecule has 1 N–H and O–H groups in total. The highest BCUT2D eigenvalue weighted by atomic mass is 32.2. The number of piperidine rings is 1. The van der Waals surface area contributed by atoms with E-state index in [2.05, 4.69) is 5.32 Å².